The van der Waals surface area contributed by atoms with Gasteiger partial charge in [-0.05, 0) is 31.2 Å². The number of carbonyl (C=O) groups is 3. The summed E-state index contributed by atoms with van der Waals surface area (Å²) in [6.07, 6.45) is -0.884. The van der Waals surface area contributed by atoms with Crippen LogP contribution in [0.1, 0.15) is 46.1 Å². The molecule has 0 unspecified atom stereocenters. The molecule has 0 N–H and O–H groups in total. The van der Waals surface area contributed by atoms with E-state index in [0.29, 0.717) is 17.0 Å². The Morgan fingerprint density at radius 1 is 1.00 bits per heavy atom. The first kappa shape index (κ1) is 18.5. The maximum absolute atomic E-state index is 12.3. The maximum Gasteiger partial charge on any atom is 0.308 e. The zero-order chi connectivity index (χ0) is 20.4. The van der Waals surface area contributed by atoms with Crippen LogP contribution in [0, 0.1) is 0 Å². The topological polar surface area (TPSA) is 103 Å². The van der Waals surface area contributed by atoms with Crippen molar-refractivity contribution in [3.63, 3.8) is 0 Å². The van der Waals surface area contributed by atoms with E-state index in [-0.39, 0.29) is 18.9 Å². The highest BCUT2D eigenvalue weighted by molar-refractivity contribution is 6.21. The van der Waals surface area contributed by atoms with E-state index in [1.807, 2.05) is 30.3 Å². The summed E-state index contributed by atoms with van der Waals surface area (Å²) >= 11 is 0. The molecule has 0 radical (unpaired) electrons. The van der Waals surface area contributed by atoms with E-state index in [2.05, 4.69) is 10.2 Å². The van der Waals surface area contributed by atoms with Crippen molar-refractivity contribution in [2.75, 3.05) is 6.54 Å². The molecular formula is C21H17N3O5. The van der Waals surface area contributed by atoms with Gasteiger partial charge in [0.15, 0.2) is 6.10 Å². The van der Waals surface area contributed by atoms with Crippen LogP contribution >= 0.6 is 0 Å². The average molecular weight is 391 g/mol. The van der Waals surface area contributed by atoms with Crippen LogP contribution in [0.4, 0.5) is 0 Å². The number of fused-ring (bicyclic) bond motifs is 1. The largest absolute Gasteiger partial charge is 0.453 e. The molecule has 0 aliphatic carbocycles. The zero-order valence-electron chi connectivity index (χ0n) is 15.6. The SMILES string of the molecule is C[C@@H](OC(=O)CCN1C(=O)c2ccccc2C1=O)c1nnc(-c2ccccc2)o1. The minimum Gasteiger partial charge on any atom is -0.453 e. The summed E-state index contributed by atoms with van der Waals surface area (Å²) in [4.78, 5) is 37.9. The molecule has 0 bridgehead atoms. The molecule has 1 aliphatic rings. The lowest BCUT2D eigenvalue weighted by atomic mass is 10.1. The minimum atomic E-state index is -0.755. The van der Waals surface area contributed by atoms with Gasteiger partial charge in [-0.15, -0.1) is 10.2 Å². The van der Waals surface area contributed by atoms with Gasteiger partial charge in [-0.25, -0.2) is 0 Å². The first-order valence-electron chi connectivity index (χ1n) is 9.08. The molecule has 2 aromatic carbocycles. The number of hydrogen-bond donors (Lipinski definition) is 0. The van der Waals surface area contributed by atoms with Gasteiger partial charge in [0.2, 0.25) is 5.89 Å². The Morgan fingerprint density at radius 2 is 1.62 bits per heavy atom. The van der Waals surface area contributed by atoms with E-state index in [1.165, 1.54) is 0 Å². The van der Waals surface area contributed by atoms with Gasteiger partial charge in [0.1, 0.15) is 0 Å². The van der Waals surface area contributed by atoms with Gasteiger partial charge in [0.05, 0.1) is 17.5 Å². The number of benzene rings is 2. The van der Waals surface area contributed by atoms with Crippen LogP contribution in [0.25, 0.3) is 11.5 Å². The number of ether oxygens (including phenoxy) is 1. The monoisotopic (exact) mass is 391 g/mol. The Balaban J connectivity index is 1.34. The van der Waals surface area contributed by atoms with E-state index in [1.54, 1.807) is 31.2 Å². The molecule has 0 spiro atoms. The molecule has 0 saturated carbocycles. The number of hydrogen-bond acceptors (Lipinski definition) is 7. The summed E-state index contributed by atoms with van der Waals surface area (Å²) in [6.45, 7) is 1.55. The molecule has 4 rings (SSSR count). The predicted octanol–water partition coefficient (Wildman–Crippen LogP) is 3.03. The molecular weight excluding hydrogens is 374 g/mol. The fourth-order valence-electron chi connectivity index (χ4n) is 3.05. The lowest BCUT2D eigenvalue weighted by molar-refractivity contribution is -0.149. The highest BCUT2D eigenvalue weighted by Crippen LogP contribution is 2.24. The van der Waals surface area contributed by atoms with Crippen LogP contribution in [-0.2, 0) is 9.53 Å². The summed E-state index contributed by atoms with van der Waals surface area (Å²) in [7, 11) is 0. The first-order chi connectivity index (χ1) is 14.0. The molecule has 3 aromatic rings. The molecule has 29 heavy (non-hydrogen) atoms. The van der Waals surface area contributed by atoms with Crippen LogP contribution in [0.15, 0.2) is 59.0 Å². The highest BCUT2D eigenvalue weighted by Gasteiger charge is 2.35. The predicted molar refractivity (Wildman–Crippen MR) is 101 cm³/mol. The van der Waals surface area contributed by atoms with Gasteiger partial charge in [-0.3, -0.25) is 19.3 Å². The number of nitrogens with zero attached hydrogens (tertiary/aromatic N) is 3. The average Bonchev–Trinajstić information content (AvgIpc) is 3.32. The fourth-order valence-corrected chi connectivity index (χ4v) is 3.05. The molecule has 2 heterocycles. The van der Waals surface area contributed by atoms with Crippen LogP contribution in [0.3, 0.4) is 0 Å². The molecule has 1 atom stereocenters. The van der Waals surface area contributed by atoms with Gasteiger partial charge < -0.3 is 9.15 Å². The Bertz CT molecular complexity index is 1040. The summed E-state index contributed by atoms with van der Waals surface area (Å²) in [5, 5.41) is 7.88. The molecule has 2 amide bonds. The number of amides is 2. The molecule has 8 nitrogen and oxygen atoms in total. The third-order valence-corrected chi connectivity index (χ3v) is 4.54. The number of rotatable bonds is 6. The van der Waals surface area contributed by atoms with Crippen LogP contribution in [-0.4, -0.2) is 39.4 Å². The second kappa shape index (κ2) is 7.67. The normalized spacial score (nSPS) is 14.0. The van der Waals surface area contributed by atoms with Gasteiger partial charge in [0.25, 0.3) is 17.7 Å². The van der Waals surface area contributed by atoms with Crippen molar-refractivity contribution in [3.8, 4) is 11.5 Å². The van der Waals surface area contributed by atoms with Gasteiger partial charge in [-0.2, -0.15) is 0 Å². The smallest absolute Gasteiger partial charge is 0.308 e. The second-order valence-corrected chi connectivity index (χ2v) is 6.50. The lowest BCUT2D eigenvalue weighted by Gasteiger charge is -2.14. The van der Waals surface area contributed by atoms with Crippen molar-refractivity contribution < 1.29 is 23.5 Å². The molecule has 146 valence electrons. The quantitative estimate of drug-likeness (QED) is 0.470. The van der Waals surface area contributed by atoms with Crippen LogP contribution < -0.4 is 0 Å². The van der Waals surface area contributed by atoms with Crippen molar-refractivity contribution in [2.45, 2.75) is 19.4 Å². The number of aromatic nitrogens is 2. The summed E-state index contributed by atoms with van der Waals surface area (Å²) in [6, 6.07) is 15.8. The van der Waals surface area contributed by atoms with Gasteiger partial charge in [-0.1, -0.05) is 30.3 Å². The van der Waals surface area contributed by atoms with Crippen molar-refractivity contribution >= 4 is 17.8 Å². The standard InChI is InChI=1S/C21H17N3O5/c1-13(18-22-23-19(29-18)14-7-3-2-4-8-14)28-17(25)11-12-24-20(26)15-9-5-6-10-16(15)21(24)27/h2-10,13H,11-12H2,1H3/t13-/m1/s1. The number of esters is 1. The Hall–Kier alpha value is -3.81. The van der Waals surface area contributed by atoms with Gasteiger partial charge >= 0.3 is 5.97 Å². The lowest BCUT2D eigenvalue weighted by Crippen LogP contribution is -2.32. The van der Waals surface area contributed by atoms with E-state index >= 15 is 0 Å². The molecule has 0 saturated heterocycles. The number of imide groups is 1. The van der Waals surface area contributed by atoms with E-state index in [9.17, 15) is 14.4 Å². The summed E-state index contributed by atoms with van der Waals surface area (Å²) in [5.74, 6) is -0.896. The van der Waals surface area contributed by atoms with Crippen molar-refractivity contribution in [3.05, 3.63) is 71.6 Å². The minimum absolute atomic E-state index is 0.0585. The molecule has 8 heteroatoms. The fraction of sp³-hybridized carbons (Fsp3) is 0.190. The highest BCUT2D eigenvalue weighted by atomic mass is 16.6. The summed E-state index contributed by atoms with van der Waals surface area (Å²) in [5.41, 5.74) is 1.45. The number of carbonyl (C=O) groups excluding carboxylic acids is 3. The second-order valence-electron chi connectivity index (χ2n) is 6.50. The van der Waals surface area contributed by atoms with E-state index in [4.69, 9.17) is 9.15 Å². The van der Waals surface area contributed by atoms with Crippen molar-refractivity contribution in [1.82, 2.24) is 15.1 Å². The van der Waals surface area contributed by atoms with E-state index in [0.717, 1.165) is 10.5 Å². The van der Waals surface area contributed by atoms with Crippen LogP contribution in [0.2, 0.25) is 0 Å². The maximum atomic E-state index is 12.3. The molecule has 1 aromatic heterocycles. The molecule has 0 fully saturated rings. The zero-order valence-corrected chi connectivity index (χ0v) is 15.6. The Morgan fingerprint density at radius 3 is 2.28 bits per heavy atom. The van der Waals surface area contributed by atoms with Gasteiger partial charge in [0, 0.05) is 12.1 Å². The third kappa shape index (κ3) is 3.64. The van der Waals surface area contributed by atoms with E-state index < -0.39 is 23.9 Å². The Kier molecular flexibility index (Phi) is 4.90. The van der Waals surface area contributed by atoms with Crippen LogP contribution in [0.5, 0.6) is 0 Å². The van der Waals surface area contributed by atoms with Crippen molar-refractivity contribution in [1.29, 1.82) is 0 Å². The first-order valence-corrected chi connectivity index (χ1v) is 9.08. The third-order valence-electron chi connectivity index (χ3n) is 4.54. The summed E-state index contributed by atoms with van der Waals surface area (Å²) < 4.78 is 10.9. The Labute approximate surface area is 166 Å². The molecule has 1 aliphatic heterocycles. The van der Waals surface area contributed by atoms with Crippen molar-refractivity contribution in [2.24, 2.45) is 0 Å².